The van der Waals surface area contributed by atoms with Gasteiger partial charge in [-0.05, 0) is 56.6 Å². The Morgan fingerprint density at radius 1 is 1.50 bits per heavy atom. The van der Waals surface area contributed by atoms with Crippen molar-refractivity contribution in [2.24, 2.45) is 5.92 Å². The molecule has 1 heterocycles. The maximum absolute atomic E-state index is 13.1. The molecule has 0 bridgehead atoms. The van der Waals surface area contributed by atoms with Crippen LogP contribution in [-0.4, -0.2) is 31.1 Å². The molecule has 1 aliphatic rings. The molecule has 0 aromatic heterocycles. The van der Waals surface area contributed by atoms with Gasteiger partial charge >= 0.3 is 0 Å². The predicted molar refractivity (Wildman–Crippen MR) is 73.0 cm³/mol. The number of halogens is 1. The van der Waals surface area contributed by atoms with Gasteiger partial charge in [-0.3, -0.25) is 0 Å². The van der Waals surface area contributed by atoms with E-state index >= 15 is 0 Å². The van der Waals surface area contributed by atoms with Gasteiger partial charge in [0, 0.05) is 12.6 Å². The van der Waals surface area contributed by atoms with E-state index in [0.717, 1.165) is 24.6 Å². The van der Waals surface area contributed by atoms with Crippen LogP contribution in [0.15, 0.2) is 24.3 Å². The third-order valence-electron chi connectivity index (χ3n) is 3.88. The highest BCUT2D eigenvalue weighted by Gasteiger charge is 2.21. The van der Waals surface area contributed by atoms with Gasteiger partial charge in [0.1, 0.15) is 5.82 Å². The van der Waals surface area contributed by atoms with Crippen LogP contribution in [0.4, 0.5) is 4.39 Å². The maximum Gasteiger partial charge on any atom is 0.123 e. The van der Waals surface area contributed by atoms with Crippen LogP contribution in [0.1, 0.15) is 31.9 Å². The molecule has 2 atom stereocenters. The van der Waals surface area contributed by atoms with Crippen LogP contribution >= 0.6 is 0 Å². The molecule has 2 nitrogen and oxygen atoms in total. The van der Waals surface area contributed by atoms with Crippen molar-refractivity contribution in [2.75, 3.05) is 26.2 Å². The fraction of sp³-hybridized carbons (Fsp3) is 0.600. The Morgan fingerprint density at radius 2 is 2.33 bits per heavy atom. The summed E-state index contributed by atoms with van der Waals surface area (Å²) in [6.45, 7) is 8.90. The molecule has 0 spiro atoms. The van der Waals surface area contributed by atoms with Crippen molar-refractivity contribution in [3.8, 4) is 0 Å². The zero-order chi connectivity index (χ0) is 13.0. The summed E-state index contributed by atoms with van der Waals surface area (Å²) >= 11 is 0. The predicted octanol–water partition coefficient (Wildman–Crippen LogP) is 2.82. The van der Waals surface area contributed by atoms with Crippen molar-refractivity contribution >= 4 is 0 Å². The van der Waals surface area contributed by atoms with Gasteiger partial charge in [-0.1, -0.05) is 19.1 Å². The van der Waals surface area contributed by atoms with Crippen molar-refractivity contribution in [2.45, 2.75) is 26.3 Å². The highest BCUT2D eigenvalue weighted by Crippen LogP contribution is 2.18. The van der Waals surface area contributed by atoms with Crippen molar-refractivity contribution in [1.29, 1.82) is 0 Å². The fourth-order valence-corrected chi connectivity index (χ4v) is 2.60. The summed E-state index contributed by atoms with van der Waals surface area (Å²) in [5, 5.41) is 3.52. The second kappa shape index (κ2) is 6.30. The Hall–Kier alpha value is -0.930. The number of hydrogen-bond donors (Lipinski definition) is 1. The van der Waals surface area contributed by atoms with E-state index in [-0.39, 0.29) is 11.9 Å². The minimum absolute atomic E-state index is 0.154. The van der Waals surface area contributed by atoms with E-state index in [1.165, 1.54) is 25.6 Å². The SMILES string of the molecule is CCN1CCC(CNC(C)c2cccc(F)c2)C1. The highest BCUT2D eigenvalue weighted by molar-refractivity contribution is 5.19. The largest absolute Gasteiger partial charge is 0.310 e. The first-order chi connectivity index (χ1) is 8.69. The van der Waals surface area contributed by atoms with E-state index in [4.69, 9.17) is 0 Å². The molecule has 1 aromatic rings. The number of likely N-dealkylation sites (tertiary alicyclic amines) is 1. The third-order valence-corrected chi connectivity index (χ3v) is 3.88. The molecule has 0 radical (unpaired) electrons. The summed E-state index contributed by atoms with van der Waals surface area (Å²) in [5.74, 6) is 0.583. The molecule has 0 saturated carbocycles. The van der Waals surface area contributed by atoms with Gasteiger partial charge in [0.15, 0.2) is 0 Å². The Kier molecular flexibility index (Phi) is 4.72. The average molecular weight is 250 g/mol. The molecule has 1 aromatic carbocycles. The lowest BCUT2D eigenvalue weighted by Crippen LogP contribution is -2.28. The molecular formula is C15H23FN2. The summed E-state index contributed by atoms with van der Waals surface area (Å²) < 4.78 is 13.1. The van der Waals surface area contributed by atoms with Gasteiger partial charge in [0.25, 0.3) is 0 Å². The molecule has 100 valence electrons. The van der Waals surface area contributed by atoms with E-state index in [1.54, 1.807) is 12.1 Å². The van der Waals surface area contributed by atoms with Crippen LogP contribution in [0.2, 0.25) is 0 Å². The van der Waals surface area contributed by atoms with Gasteiger partial charge < -0.3 is 10.2 Å². The summed E-state index contributed by atoms with van der Waals surface area (Å²) in [7, 11) is 0. The first kappa shape index (κ1) is 13.5. The molecule has 1 N–H and O–H groups in total. The third kappa shape index (κ3) is 3.53. The van der Waals surface area contributed by atoms with Gasteiger partial charge in [0.05, 0.1) is 0 Å². The monoisotopic (exact) mass is 250 g/mol. The Balaban J connectivity index is 1.80. The topological polar surface area (TPSA) is 15.3 Å². The lowest BCUT2D eigenvalue weighted by Gasteiger charge is -2.18. The zero-order valence-electron chi connectivity index (χ0n) is 11.3. The lowest BCUT2D eigenvalue weighted by molar-refractivity contribution is 0.336. The van der Waals surface area contributed by atoms with Crippen LogP contribution in [0.25, 0.3) is 0 Å². The molecule has 1 aliphatic heterocycles. The van der Waals surface area contributed by atoms with E-state index < -0.39 is 0 Å². The van der Waals surface area contributed by atoms with Crippen molar-refractivity contribution in [3.63, 3.8) is 0 Å². The molecule has 1 fully saturated rings. The van der Waals surface area contributed by atoms with Crippen molar-refractivity contribution in [1.82, 2.24) is 10.2 Å². The van der Waals surface area contributed by atoms with Crippen molar-refractivity contribution in [3.05, 3.63) is 35.6 Å². The molecule has 0 aliphatic carbocycles. The Morgan fingerprint density at radius 3 is 3.00 bits per heavy atom. The summed E-state index contributed by atoms with van der Waals surface area (Å²) in [6.07, 6.45) is 1.27. The van der Waals surface area contributed by atoms with Crippen LogP contribution < -0.4 is 5.32 Å². The first-order valence-corrected chi connectivity index (χ1v) is 6.90. The van der Waals surface area contributed by atoms with Crippen LogP contribution in [0.3, 0.4) is 0 Å². The Bertz CT molecular complexity index is 381. The number of rotatable bonds is 5. The van der Waals surface area contributed by atoms with Gasteiger partial charge in [0.2, 0.25) is 0 Å². The second-order valence-electron chi connectivity index (χ2n) is 5.23. The van der Waals surface area contributed by atoms with Crippen LogP contribution in [0, 0.1) is 11.7 Å². The van der Waals surface area contributed by atoms with Gasteiger partial charge in [-0.15, -0.1) is 0 Å². The van der Waals surface area contributed by atoms with Gasteiger partial charge in [-0.25, -0.2) is 4.39 Å². The normalized spacial score (nSPS) is 22.3. The van der Waals surface area contributed by atoms with E-state index in [0.29, 0.717) is 0 Å². The quantitative estimate of drug-likeness (QED) is 0.864. The Labute approximate surface area is 109 Å². The number of nitrogens with zero attached hydrogens (tertiary/aromatic N) is 1. The maximum atomic E-state index is 13.1. The minimum atomic E-state index is -0.154. The van der Waals surface area contributed by atoms with Crippen LogP contribution in [-0.2, 0) is 0 Å². The smallest absolute Gasteiger partial charge is 0.123 e. The fourth-order valence-electron chi connectivity index (χ4n) is 2.60. The average Bonchev–Trinajstić information content (AvgIpc) is 2.84. The van der Waals surface area contributed by atoms with Gasteiger partial charge in [-0.2, -0.15) is 0 Å². The lowest BCUT2D eigenvalue weighted by atomic mass is 10.1. The molecule has 18 heavy (non-hydrogen) atoms. The molecule has 1 saturated heterocycles. The minimum Gasteiger partial charge on any atom is -0.310 e. The summed E-state index contributed by atoms with van der Waals surface area (Å²) in [6, 6.07) is 7.08. The second-order valence-corrected chi connectivity index (χ2v) is 5.23. The summed E-state index contributed by atoms with van der Waals surface area (Å²) in [4.78, 5) is 2.49. The van der Waals surface area contributed by atoms with Crippen molar-refractivity contribution < 1.29 is 4.39 Å². The van der Waals surface area contributed by atoms with E-state index in [2.05, 4.69) is 24.1 Å². The number of hydrogen-bond acceptors (Lipinski definition) is 2. The first-order valence-electron chi connectivity index (χ1n) is 6.90. The number of nitrogens with one attached hydrogen (secondary N) is 1. The van der Waals surface area contributed by atoms with E-state index in [1.807, 2.05) is 6.07 Å². The number of benzene rings is 1. The molecule has 2 rings (SSSR count). The zero-order valence-corrected chi connectivity index (χ0v) is 11.3. The molecule has 0 amide bonds. The standard InChI is InChI=1S/C15H23FN2/c1-3-18-8-7-13(11-18)10-17-12(2)14-5-4-6-15(16)9-14/h4-6,9,12-13,17H,3,7-8,10-11H2,1-2H3. The van der Waals surface area contributed by atoms with E-state index in [9.17, 15) is 4.39 Å². The summed E-state index contributed by atoms with van der Waals surface area (Å²) in [5.41, 5.74) is 1.03. The molecule has 3 heteroatoms. The van der Waals surface area contributed by atoms with Crippen LogP contribution in [0.5, 0.6) is 0 Å². The molecule has 2 unspecified atom stereocenters. The highest BCUT2D eigenvalue weighted by atomic mass is 19.1. The molecular weight excluding hydrogens is 227 g/mol.